The maximum Gasteiger partial charge on any atom is 0.0253 e. The molecule has 1 saturated heterocycles. The van der Waals surface area contributed by atoms with E-state index in [-0.39, 0.29) is 0 Å². The van der Waals surface area contributed by atoms with E-state index in [1.54, 1.807) is 11.1 Å². The van der Waals surface area contributed by atoms with Crippen LogP contribution in [0.1, 0.15) is 46.0 Å². The average molecular weight is 217 g/mol. The molecule has 0 saturated carbocycles. The van der Waals surface area contributed by atoms with Crippen LogP contribution in [-0.4, -0.2) is 23.5 Å². The molecule has 0 amide bonds. The zero-order valence-electron chi connectivity index (χ0n) is 10.6. The Labute approximate surface area is 99.2 Å². The Hall–Kier alpha value is -0.560. The molecule has 2 atom stereocenters. The van der Waals surface area contributed by atoms with E-state index in [0.717, 1.165) is 5.92 Å². The molecular formula is C15H23N. The van der Waals surface area contributed by atoms with Gasteiger partial charge in [-0.25, -0.2) is 0 Å². The lowest BCUT2D eigenvalue weighted by atomic mass is 9.67. The van der Waals surface area contributed by atoms with Crippen LogP contribution in [0.2, 0.25) is 0 Å². The lowest BCUT2D eigenvalue weighted by Gasteiger charge is -2.53. The minimum atomic E-state index is 0.472. The van der Waals surface area contributed by atoms with E-state index >= 15 is 0 Å². The zero-order chi connectivity index (χ0) is 11.2. The summed E-state index contributed by atoms with van der Waals surface area (Å²) in [5.74, 6) is 0.810. The molecule has 1 fully saturated rings. The van der Waals surface area contributed by atoms with Crippen LogP contribution in [0.25, 0.3) is 0 Å². The van der Waals surface area contributed by atoms with Crippen LogP contribution in [0.5, 0.6) is 0 Å². The zero-order valence-corrected chi connectivity index (χ0v) is 10.6. The summed E-state index contributed by atoms with van der Waals surface area (Å²) in [6.07, 6.45) is 11.9. The second kappa shape index (κ2) is 3.73. The average Bonchev–Trinajstić information content (AvgIpc) is 2.28. The Morgan fingerprint density at radius 1 is 1.38 bits per heavy atom. The van der Waals surface area contributed by atoms with Crippen molar-refractivity contribution in [3.8, 4) is 0 Å². The molecular weight excluding hydrogens is 194 g/mol. The highest BCUT2D eigenvalue weighted by Gasteiger charge is 2.44. The third kappa shape index (κ3) is 1.48. The molecule has 3 rings (SSSR count). The highest BCUT2D eigenvalue weighted by molar-refractivity contribution is 5.34. The third-order valence-corrected chi connectivity index (χ3v) is 5.02. The van der Waals surface area contributed by atoms with Crippen molar-refractivity contribution in [2.75, 3.05) is 13.1 Å². The van der Waals surface area contributed by atoms with Gasteiger partial charge in [0.15, 0.2) is 0 Å². The SMILES string of the molecule is CC1=CC2=CCN3CCCC[C@]3(C)C2CC1. The van der Waals surface area contributed by atoms with Crippen LogP contribution < -0.4 is 0 Å². The van der Waals surface area contributed by atoms with Gasteiger partial charge in [-0.05, 0) is 51.6 Å². The second-order valence-electron chi connectivity index (χ2n) is 6.05. The molecule has 0 aromatic carbocycles. The first-order valence-electron chi connectivity index (χ1n) is 6.82. The van der Waals surface area contributed by atoms with Gasteiger partial charge in [-0.2, -0.15) is 0 Å². The van der Waals surface area contributed by atoms with E-state index in [0.29, 0.717) is 5.54 Å². The molecule has 1 aliphatic carbocycles. The van der Waals surface area contributed by atoms with Gasteiger partial charge in [0, 0.05) is 18.0 Å². The molecule has 1 nitrogen and oxygen atoms in total. The number of rotatable bonds is 0. The molecule has 0 aromatic heterocycles. The summed E-state index contributed by atoms with van der Waals surface area (Å²) in [5, 5.41) is 0. The number of hydrogen-bond donors (Lipinski definition) is 0. The molecule has 88 valence electrons. The first kappa shape index (κ1) is 10.6. The van der Waals surface area contributed by atoms with Crippen LogP contribution in [0.15, 0.2) is 23.3 Å². The molecule has 0 spiro atoms. The number of allylic oxidation sites excluding steroid dienone is 2. The maximum atomic E-state index is 2.74. The van der Waals surface area contributed by atoms with Gasteiger partial charge < -0.3 is 0 Å². The fraction of sp³-hybridized carbons (Fsp3) is 0.733. The van der Waals surface area contributed by atoms with E-state index in [2.05, 4.69) is 30.9 Å². The predicted octanol–water partition coefficient (Wildman–Crippen LogP) is 3.53. The van der Waals surface area contributed by atoms with E-state index in [1.807, 2.05) is 0 Å². The first-order chi connectivity index (χ1) is 7.70. The fourth-order valence-electron chi connectivity index (χ4n) is 3.98. The number of hydrogen-bond acceptors (Lipinski definition) is 1. The summed E-state index contributed by atoms with van der Waals surface area (Å²) in [4.78, 5) is 2.74. The molecule has 0 radical (unpaired) electrons. The van der Waals surface area contributed by atoms with Crippen molar-refractivity contribution < 1.29 is 0 Å². The molecule has 0 aromatic rings. The highest BCUT2D eigenvalue weighted by Crippen LogP contribution is 2.45. The maximum absolute atomic E-state index is 2.74. The van der Waals surface area contributed by atoms with Gasteiger partial charge in [-0.3, -0.25) is 4.90 Å². The van der Waals surface area contributed by atoms with Crippen molar-refractivity contribution in [3.05, 3.63) is 23.3 Å². The van der Waals surface area contributed by atoms with Gasteiger partial charge in [0.2, 0.25) is 0 Å². The summed E-state index contributed by atoms with van der Waals surface area (Å²) < 4.78 is 0. The van der Waals surface area contributed by atoms with E-state index in [4.69, 9.17) is 0 Å². The van der Waals surface area contributed by atoms with Crippen molar-refractivity contribution in [2.45, 2.75) is 51.5 Å². The van der Waals surface area contributed by atoms with E-state index < -0.39 is 0 Å². The van der Waals surface area contributed by atoms with E-state index in [9.17, 15) is 0 Å². The van der Waals surface area contributed by atoms with Gasteiger partial charge in [0.05, 0.1) is 0 Å². The fourth-order valence-corrected chi connectivity index (χ4v) is 3.98. The Morgan fingerprint density at radius 3 is 3.12 bits per heavy atom. The Kier molecular flexibility index (Phi) is 2.47. The molecule has 0 bridgehead atoms. The molecule has 1 unspecified atom stereocenters. The molecule has 2 heterocycles. The van der Waals surface area contributed by atoms with Crippen molar-refractivity contribution in [2.24, 2.45) is 5.92 Å². The Morgan fingerprint density at radius 2 is 2.25 bits per heavy atom. The Bertz CT molecular complexity index is 352. The summed E-state index contributed by atoms with van der Waals surface area (Å²) in [6, 6.07) is 0. The number of fused-ring (bicyclic) bond motifs is 3. The number of piperidine rings is 1. The third-order valence-electron chi connectivity index (χ3n) is 5.02. The van der Waals surface area contributed by atoms with Crippen LogP contribution >= 0.6 is 0 Å². The molecule has 2 aliphatic heterocycles. The topological polar surface area (TPSA) is 3.24 Å². The molecule has 0 N–H and O–H groups in total. The van der Waals surface area contributed by atoms with Crippen LogP contribution in [-0.2, 0) is 0 Å². The van der Waals surface area contributed by atoms with Crippen LogP contribution in [0.4, 0.5) is 0 Å². The monoisotopic (exact) mass is 217 g/mol. The van der Waals surface area contributed by atoms with Gasteiger partial charge in [0.1, 0.15) is 0 Å². The summed E-state index contributed by atoms with van der Waals surface area (Å²) in [6.45, 7) is 7.30. The van der Waals surface area contributed by atoms with E-state index in [1.165, 1.54) is 45.2 Å². The second-order valence-corrected chi connectivity index (χ2v) is 6.05. The van der Waals surface area contributed by atoms with Crippen molar-refractivity contribution in [1.29, 1.82) is 0 Å². The first-order valence-corrected chi connectivity index (χ1v) is 6.82. The molecule has 3 aliphatic rings. The quantitative estimate of drug-likeness (QED) is 0.600. The minimum Gasteiger partial charge on any atom is -0.294 e. The van der Waals surface area contributed by atoms with Crippen LogP contribution in [0, 0.1) is 5.92 Å². The van der Waals surface area contributed by atoms with Crippen LogP contribution in [0.3, 0.4) is 0 Å². The normalized spacial score (nSPS) is 39.5. The van der Waals surface area contributed by atoms with Crippen molar-refractivity contribution in [3.63, 3.8) is 0 Å². The van der Waals surface area contributed by atoms with Gasteiger partial charge in [-0.15, -0.1) is 0 Å². The van der Waals surface area contributed by atoms with Gasteiger partial charge in [0.25, 0.3) is 0 Å². The van der Waals surface area contributed by atoms with Crippen molar-refractivity contribution in [1.82, 2.24) is 4.90 Å². The van der Waals surface area contributed by atoms with Gasteiger partial charge >= 0.3 is 0 Å². The Balaban J connectivity index is 1.96. The molecule has 1 heteroatoms. The number of nitrogens with zero attached hydrogens (tertiary/aromatic N) is 1. The van der Waals surface area contributed by atoms with Crippen molar-refractivity contribution >= 4 is 0 Å². The lowest BCUT2D eigenvalue weighted by Crippen LogP contribution is -2.57. The largest absolute Gasteiger partial charge is 0.294 e. The minimum absolute atomic E-state index is 0.472. The summed E-state index contributed by atoms with van der Waals surface area (Å²) in [5.41, 5.74) is 3.69. The smallest absolute Gasteiger partial charge is 0.0253 e. The summed E-state index contributed by atoms with van der Waals surface area (Å²) >= 11 is 0. The lowest BCUT2D eigenvalue weighted by molar-refractivity contribution is 0.0209. The standard InChI is InChI=1S/C15H23N/c1-12-5-6-14-13(11-12)7-10-16-9-4-3-8-15(14,16)2/h7,11,14H,3-6,8-10H2,1-2H3/t14?,15-/m1/s1. The highest BCUT2D eigenvalue weighted by atomic mass is 15.2. The van der Waals surface area contributed by atoms with Gasteiger partial charge in [-0.1, -0.05) is 24.1 Å². The summed E-state index contributed by atoms with van der Waals surface area (Å²) in [7, 11) is 0. The predicted molar refractivity (Wildman–Crippen MR) is 68.4 cm³/mol. The molecule has 16 heavy (non-hydrogen) atoms.